The van der Waals surface area contributed by atoms with Crippen molar-refractivity contribution >= 4 is 88.5 Å². The van der Waals surface area contributed by atoms with Gasteiger partial charge in [-0.25, -0.2) is 16.8 Å². The van der Waals surface area contributed by atoms with E-state index in [4.69, 9.17) is 23.2 Å². The molecule has 37 heavy (non-hydrogen) atoms. The second-order valence-electron chi connectivity index (χ2n) is 8.23. The zero-order valence-corrected chi connectivity index (χ0v) is 23.4. The molecule has 0 bridgehead atoms. The van der Waals surface area contributed by atoms with Gasteiger partial charge in [0, 0.05) is 21.0 Å². The molecule has 4 rings (SSSR count). The second-order valence-corrected chi connectivity index (χ2v) is 14.1. The van der Waals surface area contributed by atoms with Crippen molar-refractivity contribution < 1.29 is 40.7 Å². The minimum absolute atomic E-state index is 0.221. The zero-order chi connectivity index (χ0) is 27.1. The van der Waals surface area contributed by atoms with E-state index in [1.54, 1.807) is 51.9 Å². The third-order valence-corrected chi connectivity index (χ3v) is 9.49. The molecule has 1 aliphatic heterocycles. The smallest absolute Gasteiger partial charge is 0.265 e. The van der Waals surface area contributed by atoms with Crippen LogP contribution >= 0.6 is 46.3 Å². The van der Waals surface area contributed by atoms with Gasteiger partial charge >= 0.3 is 0 Å². The Morgan fingerprint density at radius 2 is 1.59 bits per heavy atom. The fourth-order valence-electron chi connectivity index (χ4n) is 3.84. The molecule has 2 N–H and O–H groups in total. The van der Waals surface area contributed by atoms with Crippen LogP contribution in [0, 0.1) is 0 Å². The first-order chi connectivity index (χ1) is 17.2. The summed E-state index contributed by atoms with van der Waals surface area (Å²) in [5.74, 6) is -1.96. The highest BCUT2D eigenvalue weighted by atomic mass is 35.5. The molecular weight excluding hydrogens is 607 g/mol. The van der Waals surface area contributed by atoms with Gasteiger partial charge in [-0.1, -0.05) is 46.3 Å². The third-order valence-electron chi connectivity index (χ3n) is 5.21. The summed E-state index contributed by atoms with van der Waals surface area (Å²) in [6, 6.07) is 10.2. The van der Waals surface area contributed by atoms with Crippen molar-refractivity contribution in [3.63, 3.8) is 0 Å². The van der Waals surface area contributed by atoms with Crippen LogP contribution in [0.15, 0.2) is 46.3 Å². The Kier molecular flexibility index (Phi) is 8.46. The lowest BCUT2D eigenvalue weighted by molar-refractivity contribution is -0.675. The first-order valence-electron chi connectivity index (χ1n) is 10.5. The summed E-state index contributed by atoms with van der Waals surface area (Å²) in [7, 11) is -9.36. The fraction of sp³-hybridized carbons (Fsp3) is 0.286. The van der Waals surface area contributed by atoms with E-state index >= 15 is 0 Å². The summed E-state index contributed by atoms with van der Waals surface area (Å²) in [4.78, 5) is 2.39. The number of aliphatic hydroxyl groups excluding tert-OH is 2. The predicted octanol–water partition coefficient (Wildman–Crippen LogP) is 2.22. The van der Waals surface area contributed by atoms with E-state index < -0.39 is 43.9 Å². The van der Waals surface area contributed by atoms with Gasteiger partial charge in [-0.05, 0) is 30.3 Å². The normalized spacial score (nSPS) is 16.9. The summed E-state index contributed by atoms with van der Waals surface area (Å²) in [6.07, 6.45) is -1.27. The average molecular weight is 627 g/mol. The Labute approximate surface area is 231 Å². The van der Waals surface area contributed by atoms with Gasteiger partial charge in [-0.2, -0.15) is 4.57 Å². The predicted molar refractivity (Wildman–Crippen MR) is 141 cm³/mol. The number of hydrogen-bond donors (Lipinski definition) is 2. The van der Waals surface area contributed by atoms with Gasteiger partial charge in [-0.3, -0.25) is 0 Å². The number of hydrogen-bond acceptors (Lipinski definition) is 11. The largest absolute Gasteiger partial charge is 0.748 e. The van der Waals surface area contributed by atoms with Crippen molar-refractivity contribution in [2.45, 2.75) is 23.6 Å². The molecule has 200 valence electrons. The minimum Gasteiger partial charge on any atom is -0.748 e. The molecule has 0 radical (unpaired) electrons. The van der Waals surface area contributed by atoms with Gasteiger partial charge in [0.05, 0.1) is 61.2 Å². The van der Waals surface area contributed by atoms with Crippen LogP contribution in [0.1, 0.15) is 5.01 Å². The molecule has 0 saturated heterocycles. The van der Waals surface area contributed by atoms with E-state index in [9.17, 15) is 36.2 Å². The molecule has 0 aliphatic carbocycles. The second kappa shape index (κ2) is 11.0. The number of benzene rings is 2. The number of fused-ring (bicyclic) bond motifs is 2. The van der Waals surface area contributed by atoms with Gasteiger partial charge in [0.25, 0.3) is 5.01 Å². The van der Waals surface area contributed by atoms with E-state index in [0.29, 0.717) is 31.3 Å². The number of aliphatic hydroxyl groups is 2. The van der Waals surface area contributed by atoms with Crippen LogP contribution in [0.5, 0.6) is 0 Å². The van der Waals surface area contributed by atoms with E-state index in [0.717, 1.165) is 9.60 Å². The number of rotatable bonds is 9. The number of thioether (sulfide) groups is 1. The Bertz CT molecular complexity index is 1590. The van der Waals surface area contributed by atoms with E-state index in [1.165, 1.54) is 23.1 Å². The molecule has 1 aliphatic rings. The lowest BCUT2D eigenvalue weighted by atomic mass is 10.2. The molecule has 3 aromatic rings. The number of nitrogens with zero attached hydrogens (tertiary/aromatic N) is 2. The van der Waals surface area contributed by atoms with Crippen molar-refractivity contribution in [3.8, 4) is 0 Å². The van der Waals surface area contributed by atoms with Crippen molar-refractivity contribution in [1.29, 1.82) is 0 Å². The van der Waals surface area contributed by atoms with Crippen molar-refractivity contribution in [3.05, 3.63) is 56.5 Å². The van der Waals surface area contributed by atoms with Crippen LogP contribution in [-0.2, 0) is 26.8 Å². The molecule has 16 heteroatoms. The Morgan fingerprint density at radius 1 is 0.973 bits per heavy atom. The van der Waals surface area contributed by atoms with Crippen molar-refractivity contribution in [2.75, 3.05) is 23.0 Å². The molecule has 2 unspecified atom stereocenters. The van der Waals surface area contributed by atoms with Crippen molar-refractivity contribution in [1.82, 2.24) is 0 Å². The highest BCUT2D eigenvalue weighted by Gasteiger charge is 2.31. The average Bonchev–Trinajstić information content (AvgIpc) is 3.23. The van der Waals surface area contributed by atoms with Crippen molar-refractivity contribution in [2.24, 2.45) is 0 Å². The van der Waals surface area contributed by atoms with Crippen LogP contribution in [0.2, 0.25) is 10.0 Å². The maximum atomic E-state index is 11.2. The molecule has 1 aromatic heterocycles. The summed E-state index contributed by atoms with van der Waals surface area (Å²) in [5, 5.41) is 22.6. The third kappa shape index (κ3) is 7.35. The molecular formula is C21H19Cl2N2O8S4-. The summed E-state index contributed by atoms with van der Waals surface area (Å²) < 4.78 is 69.5. The summed E-state index contributed by atoms with van der Waals surface area (Å²) >= 11 is 14.9. The first kappa shape index (κ1) is 28.5. The fourth-order valence-corrected chi connectivity index (χ4v) is 7.58. The maximum absolute atomic E-state index is 11.2. The molecule has 10 nitrogen and oxygen atoms in total. The first-order valence-corrected chi connectivity index (χ1v) is 16.0. The Balaban J connectivity index is 1.78. The van der Waals surface area contributed by atoms with Gasteiger partial charge in [0.1, 0.15) is 10.8 Å². The van der Waals surface area contributed by atoms with Crippen LogP contribution in [0.4, 0.5) is 5.69 Å². The van der Waals surface area contributed by atoms with Gasteiger partial charge in [0.15, 0.2) is 6.54 Å². The van der Waals surface area contributed by atoms with Crippen LogP contribution in [-0.4, -0.2) is 66.4 Å². The monoisotopic (exact) mass is 625 g/mol. The van der Waals surface area contributed by atoms with E-state index in [2.05, 4.69) is 0 Å². The molecule has 0 fully saturated rings. The quantitative estimate of drug-likeness (QED) is 0.266. The van der Waals surface area contributed by atoms with Gasteiger partial charge in [0.2, 0.25) is 5.52 Å². The Morgan fingerprint density at radius 3 is 2.27 bits per heavy atom. The number of β-amino-alcohol motifs (C(OH)–C–C–N with tert-alkyl or cyclic N) is 1. The topological polar surface area (TPSA) is 162 Å². The standard InChI is InChI=1S/C21H20Cl2N2O8S4/c22-12-1-3-18-16(5-12)24(8-14(26)10-36(28,29)30)20(34-18)7-21-25(9-15(27)11-37(31,32)33)17-6-13(23)2-4-19(17)35-21/h1-7,14-15,26-27H,8-11H2,(H-,28,29,30,31,32,33)/p-1. The van der Waals surface area contributed by atoms with E-state index in [1.807, 2.05) is 0 Å². The molecule has 0 saturated carbocycles. The van der Waals surface area contributed by atoms with Crippen LogP contribution < -0.4 is 9.47 Å². The van der Waals surface area contributed by atoms with Gasteiger partial charge in [-0.15, -0.1) is 0 Å². The molecule has 0 spiro atoms. The lowest BCUT2D eigenvalue weighted by Gasteiger charge is -2.24. The number of anilines is 1. The number of halogens is 2. The zero-order valence-electron chi connectivity index (χ0n) is 18.7. The van der Waals surface area contributed by atoms with Crippen LogP contribution in [0.3, 0.4) is 0 Å². The highest BCUT2D eigenvalue weighted by molar-refractivity contribution is 8.04. The highest BCUT2D eigenvalue weighted by Crippen LogP contribution is 2.48. The maximum Gasteiger partial charge on any atom is 0.265 e. The SMILES string of the molecule is O=S(=O)([O-])CC(O)CN1/C(=C/c2sc3ccc(Cl)cc3[n+]2CC(O)CS(=O)(=O)[O-])Sc2ccc(Cl)cc21. The minimum atomic E-state index is -4.68. The number of aromatic nitrogens is 1. The summed E-state index contributed by atoms with van der Waals surface area (Å²) in [6.45, 7) is -0.442. The molecule has 2 aromatic carbocycles. The lowest BCUT2D eigenvalue weighted by Crippen LogP contribution is -2.43. The summed E-state index contributed by atoms with van der Waals surface area (Å²) in [5.41, 5.74) is 1.19. The molecule has 0 amide bonds. The van der Waals surface area contributed by atoms with Crippen LogP contribution in [0.25, 0.3) is 16.3 Å². The molecule has 2 heterocycles. The van der Waals surface area contributed by atoms with Gasteiger partial charge < -0.3 is 24.2 Å². The Hall–Kier alpha value is -1.46. The molecule has 2 atom stereocenters. The number of thiazole rings is 1. The van der Waals surface area contributed by atoms with E-state index in [-0.39, 0.29) is 13.1 Å².